The van der Waals surface area contributed by atoms with Crippen molar-refractivity contribution in [3.63, 3.8) is 0 Å². The Kier molecular flexibility index (Phi) is 3.79. The molecule has 0 aromatic carbocycles. The van der Waals surface area contributed by atoms with Gasteiger partial charge in [-0.05, 0) is 23.1 Å². The topological polar surface area (TPSA) is 28.2 Å². The van der Waals surface area contributed by atoms with Gasteiger partial charge in [0, 0.05) is 44.6 Å². The van der Waals surface area contributed by atoms with Crippen molar-refractivity contribution in [2.75, 3.05) is 19.6 Å². The molecule has 1 aromatic heterocycles. The predicted octanol–water partition coefficient (Wildman–Crippen LogP) is 1.90. The van der Waals surface area contributed by atoms with Crippen LogP contribution in [0.15, 0.2) is 24.5 Å². The molecule has 0 amide bonds. The minimum atomic E-state index is 0.320. The molecule has 2 heterocycles. The van der Waals surface area contributed by atoms with Crippen molar-refractivity contribution in [1.29, 1.82) is 0 Å². The third-order valence-electron chi connectivity index (χ3n) is 3.49. The lowest BCUT2D eigenvalue weighted by Gasteiger charge is -2.43. The first-order valence-corrected chi connectivity index (χ1v) is 6.41. The molecule has 0 bridgehead atoms. The lowest BCUT2D eigenvalue weighted by molar-refractivity contribution is 0.0689. The summed E-state index contributed by atoms with van der Waals surface area (Å²) in [6.45, 7) is 11.3. The normalized spacial score (nSPS) is 22.6. The lowest BCUT2D eigenvalue weighted by atomic mass is 9.84. The highest BCUT2D eigenvalue weighted by Crippen LogP contribution is 2.26. The molecule has 0 radical (unpaired) electrons. The van der Waals surface area contributed by atoms with E-state index >= 15 is 0 Å². The van der Waals surface area contributed by atoms with Gasteiger partial charge in [0.2, 0.25) is 0 Å². The average Bonchev–Trinajstić information content (AvgIpc) is 2.30. The van der Waals surface area contributed by atoms with Crippen molar-refractivity contribution >= 4 is 0 Å². The van der Waals surface area contributed by atoms with E-state index in [1.54, 1.807) is 0 Å². The molecule has 1 N–H and O–H groups in total. The zero-order valence-electron chi connectivity index (χ0n) is 11.1. The molecule has 3 heteroatoms. The van der Waals surface area contributed by atoms with E-state index in [0.29, 0.717) is 11.5 Å². The molecule has 3 nitrogen and oxygen atoms in total. The quantitative estimate of drug-likeness (QED) is 0.845. The molecular weight excluding hydrogens is 210 g/mol. The van der Waals surface area contributed by atoms with Gasteiger partial charge in [0.05, 0.1) is 0 Å². The summed E-state index contributed by atoms with van der Waals surface area (Å²) >= 11 is 0. The van der Waals surface area contributed by atoms with Crippen molar-refractivity contribution in [1.82, 2.24) is 15.2 Å². The number of hydrogen-bond donors (Lipinski definition) is 1. The van der Waals surface area contributed by atoms with Gasteiger partial charge in [-0.1, -0.05) is 20.8 Å². The van der Waals surface area contributed by atoms with Gasteiger partial charge in [-0.25, -0.2) is 0 Å². The number of nitrogens with one attached hydrogen (secondary N) is 1. The fraction of sp³-hybridized carbons (Fsp3) is 0.643. The Labute approximate surface area is 104 Å². The molecule has 0 saturated carbocycles. The highest BCUT2D eigenvalue weighted by molar-refractivity contribution is 5.10. The fourth-order valence-electron chi connectivity index (χ4n) is 2.51. The van der Waals surface area contributed by atoms with Gasteiger partial charge in [0.1, 0.15) is 0 Å². The molecular formula is C14H23N3. The summed E-state index contributed by atoms with van der Waals surface area (Å²) in [7, 11) is 0. The molecule has 1 unspecified atom stereocenters. The van der Waals surface area contributed by atoms with Crippen LogP contribution in [0.1, 0.15) is 26.3 Å². The maximum atomic E-state index is 4.08. The van der Waals surface area contributed by atoms with E-state index in [-0.39, 0.29) is 0 Å². The second-order valence-corrected chi connectivity index (χ2v) is 5.91. The van der Waals surface area contributed by atoms with E-state index in [1.165, 1.54) is 5.56 Å². The van der Waals surface area contributed by atoms with E-state index < -0.39 is 0 Å². The van der Waals surface area contributed by atoms with Gasteiger partial charge < -0.3 is 5.32 Å². The Bertz CT molecular complexity index is 342. The van der Waals surface area contributed by atoms with Gasteiger partial charge in [-0.2, -0.15) is 0 Å². The number of nitrogens with zero attached hydrogens (tertiary/aromatic N) is 2. The van der Waals surface area contributed by atoms with Crippen LogP contribution in [0.2, 0.25) is 0 Å². The SMILES string of the molecule is CC(C)(C)C1CNCCN1Cc1ccncc1. The number of aromatic nitrogens is 1. The average molecular weight is 233 g/mol. The van der Waals surface area contributed by atoms with Crippen molar-refractivity contribution in [2.24, 2.45) is 5.41 Å². The van der Waals surface area contributed by atoms with E-state index in [0.717, 1.165) is 26.2 Å². The van der Waals surface area contributed by atoms with Crippen LogP contribution >= 0.6 is 0 Å². The molecule has 17 heavy (non-hydrogen) atoms. The zero-order chi connectivity index (χ0) is 12.3. The van der Waals surface area contributed by atoms with E-state index in [1.807, 2.05) is 12.4 Å². The van der Waals surface area contributed by atoms with Crippen molar-refractivity contribution < 1.29 is 0 Å². The van der Waals surface area contributed by atoms with Crippen LogP contribution in [0.25, 0.3) is 0 Å². The smallest absolute Gasteiger partial charge is 0.0273 e. The molecule has 0 spiro atoms. The van der Waals surface area contributed by atoms with Crippen LogP contribution < -0.4 is 5.32 Å². The zero-order valence-corrected chi connectivity index (χ0v) is 11.1. The summed E-state index contributed by atoms with van der Waals surface area (Å²) in [5.41, 5.74) is 1.68. The summed E-state index contributed by atoms with van der Waals surface area (Å²) in [5, 5.41) is 3.50. The second kappa shape index (κ2) is 5.15. The summed E-state index contributed by atoms with van der Waals surface area (Å²) < 4.78 is 0. The predicted molar refractivity (Wildman–Crippen MR) is 70.8 cm³/mol. The fourth-order valence-corrected chi connectivity index (χ4v) is 2.51. The first-order chi connectivity index (χ1) is 8.07. The standard InChI is InChI=1S/C14H23N3/c1-14(2,3)13-10-16-8-9-17(13)11-12-4-6-15-7-5-12/h4-7,13,16H,8-11H2,1-3H3. The van der Waals surface area contributed by atoms with Crippen LogP contribution in [-0.2, 0) is 6.54 Å². The van der Waals surface area contributed by atoms with E-state index in [4.69, 9.17) is 0 Å². The molecule has 0 aliphatic carbocycles. The van der Waals surface area contributed by atoms with Gasteiger partial charge in [0.25, 0.3) is 0 Å². The highest BCUT2D eigenvalue weighted by atomic mass is 15.2. The van der Waals surface area contributed by atoms with E-state index in [2.05, 4.69) is 48.1 Å². The number of hydrogen-bond acceptors (Lipinski definition) is 3. The molecule has 1 aliphatic rings. The molecule has 2 rings (SSSR count). The monoisotopic (exact) mass is 233 g/mol. The molecule has 1 fully saturated rings. The molecule has 1 saturated heterocycles. The van der Waals surface area contributed by atoms with Crippen LogP contribution in [0, 0.1) is 5.41 Å². The number of pyridine rings is 1. The lowest BCUT2D eigenvalue weighted by Crippen LogP contribution is -2.56. The minimum Gasteiger partial charge on any atom is -0.314 e. The Morgan fingerprint density at radius 3 is 2.71 bits per heavy atom. The Morgan fingerprint density at radius 2 is 2.06 bits per heavy atom. The Balaban J connectivity index is 2.07. The molecule has 1 atom stereocenters. The van der Waals surface area contributed by atoms with Crippen LogP contribution in [0.5, 0.6) is 0 Å². The van der Waals surface area contributed by atoms with Gasteiger partial charge >= 0.3 is 0 Å². The van der Waals surface area contributed by atoms with Crippen LogP contribution in [-0.4, -0.2) is 35.6 Å². The minimum absolute atomic E-state index is 0.320. The van der Waals surface area contributed by atoms with Gasteiger partial charge in [-0.3, -0.25) is 9.88 Å². The summed E-state index contributed by atoms with van der Waals surface area (Å²) in [4.78, 5) is 6.66. The summed E-state index contributed by atoms with van der Waals surface area (Å²) in [6.07, 6.45) is 3.76. The van der Waals surface area contributed by atoms with Gasteiger partial charge in [0.15, 0.2) is 0 Å². The maximum absolute atomic E-state index is 4.08. The van der Waals surface area contributed by atoms with E-state index in [9.17, 15) is 0 Å². The van der Waals surface area contributed by atoms with Crippen molar-refractivity contribution in [2.45, 2.75) is 33.4 Å². The first kappa shape index (κ1) is 12.5. The largest absolute Gasteiger partial charge is 0.314 e. The second-order valence-electron chi connectivity index (χ2n) is 5.91. The Morgan fingerprint density at radius 1 is 1.35 bits per heavy atom. The number of piperazine rings is 1. The maximum Gasteiger partial charge on any atom is 0.0273 e. The van der Waals surface area contributed by atoms with Crippen molar-refractivity contribution in [3.8, 4) is 0 Å². The third kappa shape index (κ3) is 3.27. The summed E-state index contributed by atoms with van der Waals surface area (Å²) in [6, 6.07) is 4.83. The molecule has 94 valence electrons. The van der Waals surface area contributed by atoms with Crippen LogP contribution in [0.3, 0.4) is 0 Å². The van der Waals surface area contributed by atoms with Gasteiger partial charge in [-0.15, -0.1) is 0 Å². The number of rotatable bonds is 2. The first-order valence-electron chi connectivity index (χ1n) is 6.41. The van der Waals surface area contributed by atoms with Crippen LogP contribution in [0.4, 0.5) is 0 Å². The molecule has 1 aliphatic heterocycles. The van der Waals surface area contributed by atoms with Crippen molar-refractivity contribution in [3.05, 3.63) is 30.1 Å². The summed E-state index contributed by atoms with van der Waals surface area (Å²) in [5.74, 6) is 0. The third-order valence-corrected chi connectivity index (χ3v) is 3.49. The highest BCUT2D eigenvalue weighted by Gasteiger charge is 2.31. The Hall–Kier alpha value is -0.930. The molecule has 1 aromatic rings.